The molecule has 3 rings (SSSR count). The highest BCUT2D eigenvalue weighted by Crippen LogP contribution is 2.25. The molecule has 0 atom stereocenters. The molecule has 3 aromatic carbocycles. The molecule has 174 valence electrons. The molecule has 0 saturated carbocycles. The van der Waals surface area contributed by atoms with Crippen molar-refractivity contribution in [1.29, 1.82) is 0 Å². The third kappa shape index (κ3) is 6.33. The van der Waals surface area contributed by atoms with Crippen molar-refractivity contribution in [3.63, 3.8) is 0 Å². The van der Waals surface area contributed by atoms with Crippen LogP contribution >= 0.6 is 0 Å². The van der Waals surface area contributed by atoms with Gasteiger partial charge in [-0.2, -0.15) is 0 Å². The van der Waals surface area contributed by atoms with Crippen LogP contribution in [0.1, 0.15) is 23.1 Å². The number of benzene rings is 3. The Kier molecular flexibility index (Phi) is 7.09. The highest BCUT2D eigenvalue weighted by atomic mass is 32.2. The van der Waals surface area contributed by atoms with Crippen LogP contribution in [-0.4, -0.2) is 27.9 Å². The molecule has 33 heavy (non-hydrogen) atoms. The molecule has 3 N–H and O–H groups in total. The van der Waals surface area contributed by atoms with E-state index in [1.807, 2.05) is 13.0 Å². The summed E-state index contributed by atoms with van der Waals surface area (Å²) in [6.07, 6.45) is 0.234. The van der Waals surface area contributed by atoms with E-state index in [0.29, 0.717) is 16.8 Å². The van der Waals surface area contributed by atoms with E-state index >= 15 is 0 Å². The molecule has 0 saturated heterocycles. The minimum Gasteiger partial charge on any atom is -0.481 e. The SMILES string of the molecule is Cc1cccc(NS(=O)(=O)c2ccc(C)c(NS(=O)(=O)c3ccc(CCC(=O)O)cc3)c2)c1. The second kappa shape index (κ2) is 9.63. The predicted octanol–water partition coefficient (Wildman–Crippen LogP) is 3.92. The monoisotopic (exact) mass is 488 g/mol. The van der Waals surface area contributed by atoms with Crippen LogP contribution in [0, 0.1) is 13.8 Å². The van der Waals surface area contributed by atoms with Crippen molar-refractivity contribution in [2.75, 3.05) is 9.44 Å². The number of rotatable bonds is 9. The number of sulfonamides is 2. The van der Waals surface area contributed by atoms with Crippen LogP contribution in [0.5, 0.6) is 0 Å². The van der Waals surface area contributed by atoms with Gasteiger partial charge in [0.1, 0.15) is 0 Å². The van der Waals surface area contributed by atoms with E-state index in [0.717, 1.165) is 5.56 Å². The fourth-order valence-electron chi connectivity index (χ4n) is 3.09. The number of anilines is 2. The molecule has 0 aliphatic heterocycles. The topological polar surface area (TPSA) is 130 Å². The van der Waals surface area contributed by atoms with Gasteiger partial charge in [-0.1, -0.05) is 30.3 Å². The smallest absolute Gasteiger partial charge is 0.303 e. The number of carbonyl (C=O) groups is 1. The van der Waals surface area contributed by atoms with E-state index in [2.05, 4.69) is 9.44 Å². The molecule has 0 aliphatic rings. The predicted molar refractivity (Wildman–Crippen MR) is 126 cm³/mol. The van der Waals surface area contributed by atoms with Crippen molar-refractivity contribution in [3.8, 4) is 0 Å². The summed E-state index contributed by atoms with van der Waals surface area (Å²) >= 11 is 0. The Morgan fingerprint density at radius 3 is 2.09 bits per heavy atom. The molecule has 10 heteroatoms. The first-order chi connectivity index (χ1) is 15.5. The van der Waals surface area contributed by atoms with Crippen LogP contribution in [0.3, 0.4) is 0 Å². The van der Waals surface area contributed by atoms with E-state index in [-0.39, 0.29) is 28.3 Å². The zero-order valence-corrected chi connectivity index (χ0v) is 19.7. The quantitative estimate of drug-likeness (QED) is 0.419. The summed E-state index contributed by atoms with van der Waals surface area (Å²) in [7, 11) is -7.93. The molecule has 0 amide bonds. The molecule has 0 fully saturated rings. The lowest BCUT2D eigenvalue weighted by Crippen LogP contribution is -2.16. The van der Waals surface area contributed by atoms with Crippen LogP contribution in [0.2, 0.25) is 0 Å². The zero-order chi connectivity index (χ0) is 24.2. The van der Waals surface area contributed by atoms with Crippen molar-refractivity contribution in [3.05, 3.63) is 83.4 Å². The van der Waals surface area contributed by atoms with Crippen LogP contribution in [-0.2, 0) is 31.3 Å². The van der Waals surface area contributed by atoms with E-state index in [1.165, 1.54) is 30.3 Å². The lowest BCUT2D eigenvalue weighted by Gasteiger charge is -2.14. The Hall–Kier alpha value is -3.37. The Labute approximate surface area is 193 Å². The maximum atomic E-state index is 12.9. The summed E-state index contributed by atoms with van der Waals surface area (Å²) in [5, 5.41) is 8.77. The summed E-state index contributed by atoms with van der Waals surface area (Å²) < 4.78 is 56.3. The minimum atomic E-state index is -3.99. The van der Waals surface area contributed by atoms with E-state index in [4.69, 9.17) is 5.11 Å². The number of hydrogen-bond acceptors (Lipinski definition) is 5. The lowest BCUT2D eigenvalue weighted by atomic mass is 10.1. The van der Waals surface area contributed by atoms with Crippen molar-refractivity contribution in [2.24, 2.45) is 0 Å². The Morgan fingerprint density at radius 2 is 1.45 bits per heavy atom. The number of carboxylic acids is 1. The molecule has 0 radical (unpaired) electrons. The van der Waals surface area contributed by atoms with Gasteiger partial charge in [-0.3, -0.25) is 14.2 Å². The van der Waals surface area contributed by atoms with Gasteiger partial charge in [0.25, 0.3) is 20.0 Å². The third-order valence-electron chi connectivity index (χ3n) is 4.90. The second-order valence-corrected chi connectivity index (χ2v) is 11.0. The summed E-state index contributed by atoms with van der Waals surface area (Å²) in [4.78, 5) is 10.6. The Balaban J connectivity index is 1.83. The fourth-order valence-corrected chi connectivity index (χ4v) is 5.29. The third-order valence-corrected chi connectivity index (χ3v) is 7.66. The summed E-state index contributed by atoms with van der Waals surface area (Å²) in [5.41, 5.74) is 2.67. The summed E-state index contributed by atoms with van der Waals surface area (Å²) in [6.45, 7) is 3.51. The standard InChI is InChI=1S/C23H24N2O6S2/c1-16-4-3-5-19(14-16)24-33(30,31)21-10-6-17(2)22(15-21)25-32(28,29)20-11-7-18(8-12-20)9-13-23(26)27/h3-8,10-12,14-15,24-25H,9,13H2,1-2H3,(H,26,27). The summed E-state index contributed by atoms with van der Waals surface area (Å²) in [6, 6.07) is 17.0. The highest BCUT2D eigenvalue weighted by molar-refractivity contribution is 7.93. The van der Waals surface area contributed by atoms with Crippen LogP contribution < -0.4 is 9.44 Å². The molecule has 0 unspecified atom stereocenters. The van der Waals surface area contributed by atoms with Crippen molar-refractivity contribution in [2.45, 2.75) is 36.5 Å². The molecule has 0 heterocycles. The van der Waals surface area contributed by atoms with E-state index in [9.17, 15) is 21.6 Å². The zero-order valence-electron chi connectivity index (χ0n) is 18.1. The van der Waals surface area contributed by atoms with Gasteiger partial charge in [0.2, 0.25) is 0 Å². The first-order valence-corrected chi connectivity index (χ1v) is 13.0. The highest BCUT2D eigenvalue weighted by Gasteiger charge is 2.19. The van der Waals surface area contributed by atoms with E-state index in [1.54, 1.807) is 37.3 Å². The molecule has 8 nitrogen and oxygen atoms in total. The van der Waals surface area contributed by atoms with Gasteiger partial charge in [-0.15, -0.1) is 0 Å². The maximum Gasteiger partial charge on any atom is 0.303 e. The van der Waals surface area contributed by atoms with Crippen LogP contribution in [0.25, 0.3) is 0 Å². The number of carboxylic acid groups (broad SMARTS) is 1. The number of aryl methyl sites for hydroxylation is 3. The molecule has 0 aromatic heterocycles. The van der Waals surface area contributed by atoms with Gasteiger partial charge in [0, 0.05) is 12.1 Å². The molecule has 0 bridgehead atoms. The maximum absolute atomic E-state index is 12.9. The normalized spacial score (nSPS) is 11.7. The molecular formula is C23H24N2O6S2. The fraction of sp³-hybridized carbons (Fsp3) is 0.174. The Bertz CT molecular complexity index is 1380. The van der Waals surface area contributed by atoms with Gasteiger partial charge in [0.05, 0.1) is 15.5 Å². The van der Waals surface area contributed by atoms with Crippen molar-refractivity contribution in [1.82, 2.24) is 0 Å². The summed E-state index contributed by atoms with van der Waals surface area (Å²) in [5.74, 6) is -0.935. The van der Waals surface area contributed by atoms with Gasteiger partial charge in [0.15, 0.2) is 0 Å². The van der Waals surface area contributed by atoms with Gasteiger partial charge >= 0.3 is 5.97 Å². The molecule has 3 aromatic rings. The van der Waals surface area contributed by atoms with Crippen molar-refractivity contribution >= 4 is 37.4 Å². The first kappa shape index (κ1) is 24.3. The van der Waals surface area contributed by atoms with Crippen LogP contribution in [0.15, 0.2) is 76.5 Å². The first-order valence-electron chi connectivity index (χ1n) is 10.00. The van der Waals surface area contributed by atoms with Gasteiger partial charge in [-0.25, -0.2) is 16.8 Å². The number of nitrogens with one attached hydrogen (secondary N) is 2. The second-order valence-electron chi connectivity index (χ2n) is 7.59. The van der Waals surface area contributed by atoms with Crippen LogP contribution in [0.4, 0.5) is 11.4 Å². The van der Waals surface area contributed by atoms with Gasteiger partial charge < -0.3 is 5.11 Å². The number of aliphatic carboxylic acids is 1. The lowest BCUT2D eigenvalue weighted by molar-refractivity contribution is -0.136. The van der Waals surface area contributed by atoms with Crippen molar-refractivity contribution < 1.29 is 26.7 Å². The molecular weight excluding hydrogens is 464 g/mol. The molecule has 0 aliphatic carbocycles. The largest absolute Gasteiger partial charge is 0.481 e. The minimum absolute atomic E-state index is 0.0212. The Morgan fingerprint density at radius 1 is 0.818 bits per heavy atom. The van der Waals surface area contributed by atoms with Gasteiger partial charge in [-0.05, 0) is 73.4 Å². The average molecular weight is 489 g/mol. The average Bonchev–Trinajstić information content (AvgIpc) is 2.73. The number of hydrogen-bond donors (Lipinski definition) is 3. The molecule has 0 spiro atoms. The van der Waals surface area contributed by atoms with E-state index < -0.39 is 26.0 Å².